The third-order valence-corrected chi connectivity index (χ3v) is 3.64. The zero-order valence-electron chi connectivity index (χ0n) is 12.4. The van der Waals surface area contributed by atoms with Crippen molar-refractivity contribution in [1.29, 1.82) is 0 Å². The van der Waals surface area contributed by atoms with E-state index in [4.69, 9.17) is 4.74 Å². The van der Waals surface area contributed by atoms with Crippen molar-refractivity contribution in [3.8, 4) is 0 Å². The molecule has 1 aromatic carbocycles. The maximum absolute atomic E-state index is 13.6. The average molecular weight is 316 g/mol. The summed E-state index contributed by atoms with van der Waals surface area (Å²) in [6.07, 6.45) is 2.87. The summed E-state index contributed by atoms with van der Waals surface area (Å²) in [6.45, 7) is 3.23. The van der Waals surface area contributed by atoms with Crippen LogP contribution in [0.2, 0.25) is 0 Å². The Morgan fingerprint density at radius 3 is 2.73 bits per heavy atom. The molecule has 7 heteroatoms. The lowest BCUT2D eigenvalue weighted by molar-refractivity contribution is 0.00221. The second kappa shape index (κ2) is 7.49. The van der Waals surface area contributed by atoms with E-state index < -0.39 is 23.5 Å². The molecule has 2 amide bonds. The van der Waals surface area contributed by atoms with Crippen molar-refractivity contribution in [3.63, 3.8) is 0 Å². The molecule has 1 N–H and O–H groups in total. The van der Waals surface area contributed by atoms with E-state index in [9.17, 15) is 18.0 Å². The van der Waals surface area contributed by atoms with Gasteiger partial charge < -0.3 is 15.0 Å². The van der Waals surface area contributed by atoms with Gasteiger partial charge >= 0.3 is 6.03 Å². The first-order valence-corrected chi connectivity index (χ1v) is 7.34. The zero-order valence-corrected chi connectivity index (χ0v) is 12.4. The van der Waals surface area contributed by atoms with Gasteiger partial charge in [-0.3, -0.25) is 0 Å². The predicted octanol–water partition coefficient (Wildman–Crippen LogP) is 3.53. The molecule has 1 heterocycles. The summed E-state index contributed by atoms with van der Waals surface area (Å²) < 4.78 is 45.2. The van der Waals surface area contributed by atoms with E-state index in [1.807, 2.05) is 0 Å². The zero-order chi connectivity index (χ0) is 16.1. The van der Waals surface area contributed by atoms with Gasteiger partial charge in [0.05, 0.1) is 11.8 Å². The molecule has 0 radical (unpaired) electrons. The number of anilines is 1. The summed E-state index contributed by atoms with van der Waals surface area (Å²) in [6, 6.07) is 1.20. The van der Waals surface area contributed by atoms with Gasteiger partial charge in [-0.2, -0.15) is 0 Å². The fourth-order valence-corrected chi connectivity index (χ4v) is 2.37. The highest BCUT2D eigenvalue weighted by molar-refractivity contribution is 5.89. The number of hydrogen-bond acceptors (Lipinski definition) is 2. The monoisotopic (exact) mass is 316 g/mol. The first kappa shape index (κ1) is 16.6. The van der Waals surface area contributed by atoms with Crippen LogP contribution in [0.15, 0.2) is 12.1 Å². The highest BCUT2D eigenvalue weighted by atomic mass is 19.2. The van der Waals surface area contributed by atoms with Crippen LogP contribution in [-0.4, -0.2) is 36.7 Å². The number of halogens is 3. The lowest BCUT2D eigenvalue weighted by Gasteiger charge is -2.29. The second-order valence-electron chi connectivity index (χ2n) is 5.18. The molecule has 0 unspecified atom stereocenters. The van der Waals surface area contributed by atoms with Gasteiger partial charge in [-0.25, -0.2) is 18.0 Å². The van der Waals surface area contributed by atoms with Crippen LogP contribution >= 0.6 is 0 Å². The van der Waals surface area contributed by atoms with Crippen molar-refractivity contribution in [3.05, 3.63) is 29.6 Å². The molecular formula is C15H19F3N2O2. The number of carbonyl (C=O) groups excluding carboxylic acids is 1. The number of benzene rings is 1. The fourth-order valence-electron chi connectivity index (χ4n) is 2.37. The minimum Gasteiger partial charge on any atom is -0.376 e. The topological polar surface area (TPSA) is 41.6 Å². The number of amides is 2. The van der Waals surface area contributed by atoms with Gasteiger partial charge in [-0.1, -0.05) is 0 Å². The number of rotatable bonds is 4. The molecule has 4 nitrogen and oxygen atoms in total. The van der Waals surface area contributed by atoms with E-state index in [-0.39, 0.29) is 11.8 Å². The van der Waals surface area contributed by atoms with Crippen molar-refractivity contribution >= 4 is 11.7 Å². The van der Waals surface area contributed by atoms with Gasteiger partial charge in [0.25, 0.3) is 0 Å². The summed E-state index contributed by atoms with van der Waals surface area (Å²) >= 11 is 0. The smallest absolute Gasteiger partial charge is 0.322 e. The van der Waals surface area contributed by atoms with Crippen molar-refractivity contribution in [2.24, 2.45) is 0 Å². The predicted molar refractivity (Wildman–Crippen MR) is 76.2 cm³/mol. The lowest BCUT2D eigenvalue weighted by Crippen LogP contribution is -2.42. The Bertz CT molecular complexity index is 534. The van der Waals surface area contributed by atoms with Crippen LogP contribution in [0, 0.1) is 17.5 Å². The number of nitrogens with zero attached hydrogens (tertiary/aromatic N) is 1. The van der Waals surface area contributed by atoms with E-state index in [0.717, 1.165) is 31.4 Å². The molecule has 0 aromatic heterocycles. The largest absolute Gasteiger partial charge is 0.376 e. The average Bonchev–Trinajstić information content (AvgIpc) is 2.54. The normalized spacial score (nSPS) is 18.1. The third kappa shape index (κ3) is 3.91. The van der Waals surface area contributed by atoms with Crippen LogP contribution in [-0.2, 0) is 4.74 Å². The van der Waals surface area contributed by atoms with E-state index in [0.29, 0.717) is 19.7 Å². The first-order chi connectivity index (χ1) is 10.5. The number of carbonyl (C=O) groups is 1. The van der Waals surface area contributed by atoms with Crippen molar-refractivity contribution in [1.82, 2.24) is 4.90 Å². The number of hydrogen-bond donors (Lipinski definition) is 1. The molecule has 1 atom stereocenters. The molecule has 1 aliphatic rings. The van der Waals surface area contributed by atoms with Gasteiger partial charge in [0.15, 0.2) is 17.5 Å². The minimum atomic E-state index is -1.60. The van der Waals surface area contributed by atoms with Gasteiger partial charge in [-0.05, 0) is 38.3 Å². The van der Waals surface area contributed by atoms with E-state index in [1.54, 1.807) is 6.92 Å². The molecular weight excluding hydrogens is 297 g/mol. The number of likely N-dealkylation sites (N-methyl/N-ethyl adjacent to an activating group) is 1. The Morgan fingerprint density at radius 1 is 1.32 bits per heavy atom. The Morgan fingerprint density at radius 2 is 2.09 bits per heavy atom. The third-order valence-electron chi connectivity index (χ3n) is 3.64. The Kier molecular flexibility index (Phi) is 5.65. The van der Waals surface area contributed by atoms with Crippen molar-refractivity contribution in [2.45, 2.75) is 32.3 Å². The molecule has 0 aliphatic carbocycles. The number of ether oxygens (including phenoxy) is 1. The molecule has 1 aromatic rings. The lowest BCUT2D eigenvalue weighted by atomic mass is 10.1. The molecule has 22 heavy (non-hydrogen) atoms. The van der Waals surface area contributed by atoms with Crippen LogP contribution in [0.1, 0.15) is 26.2 Å². The van der Waals surface area contributed by atoms with Crippen LogP contribution < -0.4 is 5.32 Å². The molecule has 0 saturated carbocycles. The SMILES string of the molecule is CCN(C[C@H]1CCCCO1)C(=O)Nc1ccc(F)c(F)c1F. The summed E-state index contributed by atoms with van der Waals surface area (Å²) in [7, 11) is 0. The second-order valence-corrected chi connectivity index (χ2v) is 5.18. The molecule has 0 bridgehead atoms. The van der Waals surface area contributed by atoms with E-state index in [1.165, 1.54) is 4.90 Å². The van der Waals surface area contributed by atoms with E-state index in [2.05, 4.69) is 5.32 Å². The molecule has 1 saturated heterocycles. The van der Waals surface area contributed by atoms with Crippen molar-refractivity contribution in [2.75, 3.05) is 25.0 Å². The van der Waals surface area contributed by atoms with Gasteiger partial charge in [0, 0.05) is 19.7 Å². The molecule has 1 aliphatic heterocycles. The van der Waals surface area contributed by atoms with Gasteiger partial charge in [-0.15, -0.1) is 0 Å². The van der Waals surface area contributed by atoms with Crippen LogP contribution in [0.3, 0.4) is 0 Å². The van der Waals surface area contributed by atoms with Gasteiger partial charge in [0.2, 0.25) is 0 Å². The van der Waals surface area contributed by atoms with E-state index >= 15 is 0 Å². The maximum atomic E-state index is 13.6. The fraction of sp³-hybridized carbons (Fsp3) is 0.533. The highest BCUT2D eigenvalue weighted by Crippen LogP contribution is 2.20. The molecule has 122 valence electrons. The first-order valence-electron chi connectivity index (χ1n) is 7.34. The van der Waals surface area contributed by atoms with Crippen LogP contribution in [0.5, 0.6) is 0 Å². The Hall–Kier alpha value is -1.76. The summed E-state index contributed by atoms with van der Waals surface area (Å²) in [5.74, 6) is -4.30. The summed E-state index contributed by atoms with van der Waals surface area (Å²) in [5.41, 5.74) is -0.382. The Labute approximate surface area is 127 Å². The quantitative estimate of drug-likeness (QED) is 0.864. The molecule has 2 rings (SSSR count). The minimum absolute atomic E-state index is 0.0470. The summed E-state index contributed by atoms with van der Waals surface area (Å²) in [4.78, 5) is 13.6. The molecule has 0 spiro atoms. The highest BCUT2D eigenvalue weighted by Gasteiger charge is 2.22. The van der Waals surface area contributed by atoms with Crippen molar-refractivity contribution < 1.29 is 22.7 Å². The van der Waals surface area contributed by atoms with Crippen LogP contribution in [0.4, 0.5) is 23.7 Å². The molecule has 1 fully saturated rings. The number of nitrogens with one attached hydrogen (secondary N) is 1. The number of urea groups is 1. The van der Waals surface area contributed by atoms with Gasteiger partial charge in [0.1, 0.15) is 0 Å². The van der Waals surface area contributed by atoms with Crippen LogP contribution in [0.25, 0.3) is 0 Å². The standard InChI is InChI=1S/C15H19F3N2O2/c1-2-20(9-10-5-3-4-8-22-10)15(21)19-12-7-6-11(16)13(17)14(12)18/h6-7,10H,2-5,8-9H2,1H3,(H,19,21)/t10-/m1/s1. The Balaban J connectivity index is 2.01. The maximum Gasteiger partial charge on any atom is 0.322 e. The summed E-state index contributed by atoms with van der Waals surface area (Å²) in [5, 5.41) is 2.27.